The van der Waals surface area contributed by atoms with Crippen LogP contribution in [0.15, 0.2) is 24.3 Å². The van der Waals surface area contributed by atoms with Gasteiger partial charge in [-0.15, -0.1) is 0 Å². The molecule has 4 heteroatoms. The fraction of sp³-hybridized carbons (Fsp3) is 0.529. The Kier molecular flexibility index (Phi) is 4.66. The van der Waals surface area contributed by atoms with E-state index in [0.717, 1.165) is 11.3 Å². The maximum atomic E-state index is 12.6. The molecule has 0 aliphatic carbocycles. The van der Waals surface area contributed by atoms with Gasteiger partial charge in [-0.1, -0.05) is 26.0 Å². The first-order valence-electron chi connectivity index (χ1n) is 7.57. The van der Waals surface area contributed by atoms with Gasteiger partial charge in [0, 0.05) is 25.2 Å². The zero-order valence-electron chi connectivity index (χ0n) is 13.3. The van der Waals surface area contributed by atoms with Crippen molar-refractivity contribution in [3.8, 4) is 0 Å². The Bertz CT molecular complexity index is 539. The summed E-state index contributed by atoms with van der Waals surface area (Å²) in [7, 11) is 0. The average Bonchev–Trinajstić information content (AvgIpc) is 2.40. The molecule has 1 aromatic rings. The second kappa shape index (κ2) is 6.29. The molecule has 0 aromatic heterocycles. The van der Waals surface area contributed by atoms with Crippen LogP contribution in [-0.2, 0) is 9.59 Å². The molecule has 1 fully saturated rings. The number of benzene rings is 1. The van der Waals surface area contributed by atoms with Gasteiger partial charge in [0.15, 0.2) is 0 Å². The van der Waals surface area contributed by atoms with Crippen molar-refractivity contribution in [2.24, 2.45) is 5.92 Å². The number of anilines is 1. The first-order valence-corrected chi connectivity index (χ1v) is 7.57. The Morgan fingerprint density at radius 2 is 2.05 bits per heavy atom. The smallest absolute Gasteiger partial charge is 0.249 e. The standard InChI is InChI=1S/C17H24N2O2/c1-12(2)10-16(20)18-8-9-19(17(21)14(18)4)15-7-5-6-13(3)11-15/h5-7,11-12,14H,8-10H2,1-4H3/t14-/m0/s1. The number of hydrogen-bond acceptors (Lipinski definition) is 2. The molecule has 1 aliphatic rings. The summed E-state index contributed by atoms with van der Waals surface area (Å²) in [6.45, 7) is 9.05. The summed E-state index contributed by atoms with van der Waals surface area (Å²) in [4.78, 5) is 28.3. The molecule has 1 aromatic carbocycles. The number of carbonyl (C=O) groups excluding carboxylic acids is 2. The zero-order chi connectivity index (χ0) is 15.6. The lowest BCUT2D eigenvalue weighted by Crippen LogP contribution is -2.57. The topological polar surface area (TPSA) is 40.6 Å². The Labute approximate surface area is 126 Å². The Morgan fingerprint density at radius 1 is 1.33 bits per heavy atom. The maximum Gasteiger partial charge on any atom is 0.249 e. The molecule has 0 saturated carbocycles. The van der Waals surface area contributed by atoms with Gasteiger partial charge in [-0.2, -0.15) is 0 Å². The van der Waals surface area contributed by atoms with Gasteiger partial charge in [-0.25, -0.2) is 0 Å². The summed E-state index contributed by atoms with van der Waals surface area (Å²) in [5.41, 5.74) is 2.05. The second-order valence-electron chi connectivity index (χ2n) is 6.19. The Hall–Kier alpha value is -1.84. The molecule has 0 unspecified atom stereocenters. The van der Waals surface area contributed by atoms with Crippen LogP contribution < -0.4 is 4.90 Å². The molecule has 1 aliphatic heterocycles. The second-order valence-corrected chi connectivity index (χ2v) is 6.19. The van der Waals surface area contributed by atoms with Crippen LogP contribution in [0.3, 0.4) is 0 Å². The van der Waals surface area contributed by atoms with Gasteiger partial charge in [0.25, 0.3) is 0 Å². The first kappa shape index (κ1) is 15.5. The lowest BCUT2D eigenvalue weighted by atomic mass is 10.1. The minimum Gasteiger partial charge on any atom is -0.329 e. The van der Waals surface area contributed by atoms with Gasteiger partial charge in [0.2, 0.25) is 11.8 Å². The number of carbonyl (C=O) groups is 2. The van der Waals surface area contributed by atoms with Crippen LogP contribution in [0.2, 0.25) is 0 Å². The van der Waals surface area contributed by atoms with Crippen molar-refractivity contribution in [2.45, 2.75) is 40.2 Å². The molecule has 4 nitrogen and oxygen atoms in total. The number of rotatable bonds is 3. The summed E-state index contributed by atoms with van der Waals surface area (Å²) in [5, 5.41) is 0. The highest BCUT2D eigenvalue weighted by atomic mass is 16.2. The van der Waals surface area contributed by atoms with Gasteiger partial charge in [0.05, 0.1) is 0 Å². The third-order valence-corrected chi connectivity index (χ3v) is 3.87. The van der Waals surface area contributed by atoms with E-state index in [1.807, 2.05) is 52.0 Å². The van der Waals surface area contributed by atoms with E-state index in [9.17, 15) is 9.59 Å². The number of nitrogens with zero attached hydrogens (tertiary/aromatic N) is 2. The highest BCUT2D eigenvalue weighted by molar-refractivity contribution is 6.00. The van der Waals surface area contributed by atoms with Crippen molar-refractivity contribution in [3.05, 3.63) is 29.8 Å². The molecule has 1 saturated heterocycles. The number of hydrogen-bond donors (Lipinski definition) is 0. The molecule has 114 valence electrons. The molecule has 2 rings (SSSR count). The van der Waals surface area contributed by atoms with Gasteiger partial charge in [0.1, 0.15) is 6.04 Å². The van der Waals surface area contributed by atoms with E-state index in [0.29, 0.717) is 25.4 Å². The quantitative estimate of drug-likeness (QED) is 0.858. The number of piperazine rings is 1. The van der Waals surface area contributed by atoms with Crippen molar-refractivity contribution in [1.82, 2.24) is 4.90 Å². The van der Waals surface area contributed by atoms with Crippen LogP contribution in [0.1, 0.15) is 32.8 Å². The van der Waals surface area contributed by atoms with Crippen molar-refractivity contribution < 1.29 is 9.59 Å². The van der Waals surface area contributed by atoms with Gasteiger partial charge in [-0.05, 0) is 37.5 Å². The van der Waals surface area contributed by atoms with Crippen LogP contribution in [0.4, 0.5) is 5.69 Å². The lowest BCUT2D eigenvalue weighted by Gasteiger charge is -2.39. The summed E-state index contributed by atoms with van der Waals surface area (Å²) in [5.74, 6) is 0.397. The third kappa shape index (κ3) is 3.43. The minimum atomic E-state index is -0.384. The SMILES string of the molecule is Cc1cccc(N2CCN(C(=O)CC(C)C)[C@@H](C)C2=O)c1. The van der Waals surface area contributed by atoms with Crippen LogP contribution in [0.25, 0.3) is 0 Å². The monoisotopic (exact) mass is 288 g/mol. The predicted octanol–water partition coefficient (Wildman–Crippen LogP) is 2.60. The van der Waals surface area contributed by atoms with Gasteiger partial charge >= 0.3 is 0 Å². The molecule has 0 radical (unpaired) electrons. The molecule has 2 amide bonds. The molecule has 0 bridgehead atoms. The van der Waals surface area contributed by atoms with Gasteiger partial charge in [-0.3, -0.25) is 9.59 Å². The largest absolute Gasteiger partial charge is 0.329 e. The van der Waals surface area contributed by atoms with Crippen LogP contribution in [0, 0.1) is 12.8 Å². The van der Waals surface area contributed by atoms with Crippen molar-refractivity contribution in [1.29, 1.82) is 0 Å². The normalized spacial score (nSPS) is 19.3. The van der Waals surface area contributed by atoms with Crippen LogP contribution in [-0.4, -0.2) is 35.8 Å². The average molecular weight is 288 g/mol. The van der Waals surface area contributed by atoms with Gasteiger partial charge < -0.3 is 9.80 Å². The van der Waals surface area contributed by atoms with Crippen LogP contribution >= 0.6 is 0 Å². The molecule has 1 heterocycles. The third-order valence-electron chi connectivity index (χ3n) is 3.87. The van der Waals surface area contributed by atoms with E-state index in [4.69, 9.17) is 0 Å². The lowest BCUT2D eigenvalue weighted by molar-refractivity contribution is -0.141. The highest BCUT2D eigenvalue weighted by Crippen LogP contribution is 2.22. The van der Waals surface area contributed by atoms with Crippen molar-refractivity contribution >= 4 is 17.5 Å². The van der Waals surface area contributed by atoms with E-state index in [2.05, 4.69) is 0 Å². The molecule has 21 heavy (non-hydrogen) atoms. The fourth-order valence-electron chi connectivity index (χ4n) is 2.73. The minimum absolute atomic E-state index is 0.00366. The van der Waals surface area contributed by atoms with E-state index in [1.165, 1.54) is 0 Å². The van der Waals surface area contributed by atoms with E-state index < -0.39 is 0 Å². The predicted molar refractivity (Wildman–Crippen MR) is 84.2 cm³/mol. The maximum absolute atomic E-state index is 12.6. The number of amides is 2. The highest BCUT2D eigenvalue weighted by Gasteiger charge is 2.34. The summed E-state index contributed by atoms with van der Waals surface area (Å²) in [6.07, 6.45) is 0.502. The summed E-state index contributed by atoms with van der Waals surface area (Å²) >= 11 is 0. The molecule has 1 atom stereocenters. The molecule has 0 N–H and O–H groups in total. The molecular formula is C17H24N2O2. The first-order chi connectivity index (χ1) is 9.90. The molecular weight excluding hydrogens is 264 g/mol. The van der Waals surface area contributed by atoms with Crippen molar-refractivity contribution in [2.75, 3.05) is 18.0 Å². The zero-order valence-corrected chi connectivity index (χ0v) is 13.3. The van der Waals surface area contributed by atoms with Crippen LogP contribution in [0.5, 0.6) is 0 Å². The Balaban J connectivity index is 2.13. The Morgan fingerprint density at radius 3 is 2.67 bits per heavy atom. The van der Waals surface area contributed by atoms with E-state index >= 15 is 0 Å². The van der Waals surface area contributed by atoms with E-state index in [-0.39, 0.29) is 17.9 Å². The summed E-state index contributed by atoms with van der Waals surface area (Å²) < 4.78 is 0. The van der Waals surface area contributed by atoms with Crippen molar-refractivity contribution in [3.63, 3.8) is 0 Å². The van der Waals surface area contributed by atoms with E-state index in [1.54, 1.807) is 9.80 Å². The molecule has 0 spiro atoms. The summed E-state index contributed by atoms with van der Waals surface area (Å²) in [6, 6.07) is 7.54. The number of aryl methyl sites for hydroxylation is 1. The fourth-order valence-corrected chi connectivity index (χ4v) is 2.73.